The summed E-state index contributed by atoms with van der Waals surface area (Å²) in [4.78, 5) is 0. The predicted molar refractivity (Wildman–Crippen MR) is 48.8 cm³/mol. The Balaban J connectivity index is 3.87. The lowest BCUT2D eigenvalue weighted by molar-refractivity contribution is -0.00816. The van der Waals surface area contributed by atoms with Crippen molar-refractivity contribution in [3.05, 3.63) is 0 Å². The number of rotatable bonds is 5. The molecule has 0 bridgehead atoms. The number of ether oxygens (including phenoxy) is 1. The first-order valence-corrected chi connectivity index (χ1v) is 4.24. The van der Waals surface area contributed by atoms with E-state index in [0.717, 1.165) is 13.0 Å². The van der Waals surface area contributed by atoms with Gasteiger partial charge in [0.25, 0.3) is 0 Å². The molecule has 0 aliphatic rings. The summed E-state index contributed by atoms with van der Waals surface area (Å²) in [6.45, 7) is 7.49. The van der Waals surface area contributed by atoms with E-state index in [4.69, 9.17) is 4.74 Å². The Labute approximate surface area is 70.3 Å². The standard InChI is InChI=1S/C9H21NO/c1-8(2)6-9(3,11-5)7-10-4/h8,10H,6-7H2,1-5H3. The van der Waals surface area contributed by atoms with Crippen molar-refractivity contribution in [3.63, 3.8) is 0 Å². The van der Waals surface area contributed by atoms with Gasteiger partial charge in [0.2, 0.25) is 0 Å². The van der Waals surface area contributed by atoms with Gasteiger partial charge in [0, 0.05) is 13.7 Å². The fourth-order valence-corrected chi connectivity index (χ4v) is 1.47. The van der Waals surface area contributed by atoms with Crippen LogP contribution in [0.5, 0.6) is 0 Å². The number of nitrogens with one attached hydrogen (secondary N) is 1. The van der Waals surface area contributed by atoms with Crippen LogP contribution in [0.2, 0.25) is 0 Å². The molecule has 0 radical (unpaired) electrons. The highest BCUT2D eigenvalue weighted by Gasteiger charge is 2.23. The molecule has 0 heterocycles. The fraction of sp³-hybridized carbons (Fsp3) is 1.00. The lowest BCUT2D eigenvalue weighted by Crippen LogP contribution is -2.39. The Hall–Kier alpha value is -0.0800. The summed E-state index contributed by atoms with van der Waals surface area (Å²) < 4.78 is 5.43. The molecule has 2 heteroatoms. The van der Waals surface area contributed by atoms with E-state index in [9.17, 15) is 0 Å². The van der Waals surface area contributed by atoms with Crippen molar-refractivity contribution in [3.8, 4) is 0 Å². The lowest BCUT2D eigenvalue weighted by atomic mass is 9.94. The summed E-state index contributed by atoms with van der Waals surface area (Å²) in [7, 11) is 3.73. The van der Waals surface area contributed by atoms with Gasteiger partial charge >= 0.3 is 0 Å². The number of hydrogen-bond acceptors (Lipinski definition) is 2. The third-order valence-electron chi connectivity index (χ3n) is 1.88. The second-order valence-corrected chi connectivity index (χ2v) is 3.78. The molecule has 0 aromatic rings. The van der Waals surface area contributed by atoms with E-state index in [1.165, 1.54) is 0 Å². The molecular weight excluding hydrogens is 138 g/mol. The van der Waals surface area contributed by atoms with Crippen molar-refractivity contribution in [1.29, 1.82) is 0 Å². The first kappa shape index (κ1) is 10.9. The Bertz CT molecular complexity index is 104. The highest BCUT2D eigenvalue weighted by molar-refractivity contribution is 4.77. The van der Waals surface area contributed by atoms with Crippen molar-refractivity contribution >= 4 is 0 Å². The Morgan fingerprint density at radius 1 is 1.45 bits per heavy atom. The summed E-state index contributed by atoms with van der Waals surface area (Å²) in [5, 5.41) is 3.14. The van der Waals surface area contributed by atoms with Gasteiger partial charge < -0.3 is 10.1 Å². The summed E-state index contributed by atoms with van der Waals surface area (Å²) in [5.74, 6) is 0.688. The summed E-state index contributed by atoms with van der Waals surface area (Å²) in [6.07, 6.45) is 1.10. The van der Waals surface area contributed by atoms with Crippen LogP contribution >= 0.6 is 0 Å². The third kappa shape index (κ3) is 4.38. The molecular formula is C9H21NO. The zero-order chi connectivity index (χ0) is 8.91. The van der Waals surface area contributed by atoms with E-state index in [1.807, 2.05) is 7.05 Å². The lowest BCUT2D eigenvalue weighted by Gasteiger charge is -2.29. The van der Waals surface area contributed by atoms with Crippen LogP contribution in [0.15, 0.2) is 0 Å². The van der Waals surface area contributed by atoms with Gasteiger partial charge in [-0.05, 0) is 26.3 Å². The molecule has 0 fully saturated rings. The van der Waals surface area contributed by atoms with Crippen LogP contribution in [0.4, 0.5) is 0 Å². The minimum Gasteiger partial charge on any atom is -0.377 e. The zero-order valence-corrected chi connectivity index (χ0v) is 8.40. The molecule has 0 aromatic carbocycles. The van der Waals surface area contributed by atoms with Crippen molar-refractivity contribution < 1.29 is 4.74 Å². The number of hydrogen-bond donors (Lipinski definition) is 1. The molecule has 0 spiro atoms. The van der Waals surface area contributed by atoms with Gasteiger partial charge in [0.05, 0.1) is 5.60 Å². The topological polar surface area (TPSA) is 21.3 Å². The predicted octanol–water partition coefficient (Wildman–Crippen LogP) is 1.66. The molecule has 0 aromatic heterocycles. The van der Waals surface area contributed by atoms with E-state index in [2.05, 4.69) is 26.1 Å². The molecule has 1 atom stereocenters. The Kier molecular flexibility index (Phi) is 4.69. The SMILES string of the molecule is CNCC(C)(CC(C)C)OC. The molecule has 1 N–H and O–H groups in total. The van der Waals surface area contributed by atoms with Crippen LogP contribution in [-0.4, -0.2) is 26.3 Å². The van der Waals surface area contributed by atoms with Gasteiger partial charge in [-0.1, -0.05) is 13.8 Å². The first-order chi connectivity index (χ1) is 5.04. The second kappa shape index (κ2) is 4.73. The number of likely N-dealkylation sites (N-methyl/N-ethyl adjacent to an activating group) is 1. The molecule has 2 nitrogen and oxygen atoms in total. The third-order valence-corrected chi connectivity index (χ3v) is 1.88. The van der Waals surface area contributed by atoms with Crippen LogP contribution < -0.4 is 5.32 Å². The molecule has 0 amide bonds. The van der Waals surface area contributed by atoms with E-state index in [-0.39, 0.29) is 5.60 Å². The molecule has 1 unspecified atom stereocenters. The minimum absolute atomic E-state index is 0.00289. The molecule has 68 valence electrons. The van der Waals surface area contributed by atoms with E-state index in [1.54, 1.807) is 7.11 Å². The minimum atomic E-state index is 0.00289. The molecule has 0 saturated heterocycles. The summed E-state index contributed by atoms with van der Waals surface area (Å²) in [6, 6.07) is 0. The first-order valence-electron chi connectivity index (χ1n) is 4.24. The number of methoxy groups -OCH3 is 1. The molecule has 0 rings (SSSR count). The van der Waals surface area contributed by atoms with Gasteiger partial charge in [-0.2, -0.15) is 0 Å². The molecule has 0 saturated carbocycles. The van der Waals surface area contributed by atoms with Gasteiger partial charge in [-0.15, -0.1) is 0 Å². The quantitative estimate of drug-likeness (QED) is 0.658. The van der Waals surface area contributed by atoms with Gasteiger partial charge in [0.1, 0.15) is 0 Å². The van der Waals surface area contributed by atoms with Gasteiger partial charge in [0.15, 0.2) is 0 Å². The average molecular weight is 159 g/mol. The van der Waals surface area contributed by atoms with Crippen LogP contribution in [0.3, 0.4) is 0 Å². The molecule has 11 heavy (non-hydrogen) atoms. The fourth-order valence-electron chi connectivity index (χ4n) is 1.47. The van der Waals surface area contributed by atoms with Crippen molar-refractivity contribution in [2.24, 2.45) is 5.92 Å². The van der Waals surface area contributed by atoms with Crippen LogP contribution in [0.25, 0.3) is 0 Å². The maximum Gasteiger partial charge on any atom is 0.0776 e. The van der Waals surface area contributed by atoms with E-state index in [0.29, 0.717) is 5.92 Å². The van der Waals surface area contributed by atoms with Crippen molar-refractivity contribution in [2.75, 3.05) is 20.7 Å². The van der Waals surface area contributed by atoms with Crippen molar-refractivity contribution in [2.45, 2.75) is 32.8 Å². The highest BCUT2D eigenvalue weighted by Crippen LogP contribution is 2.18. The maximum atomic E-state index is 5.43. The largest absolute Gasteiger partial charge is 0.377 e. The summed E-state index contributed by atoms with van der Waals surface area (Å²) >= 11 is 0. The van der Waals surface area contributed by atoms with Gasteiger partial charge in [-0.25, -0.2) is 0 Å². The summed E-state index contributed by atoms with van der Waals surface area (Å²) in [5.41, 5.74) is 0.00289. The van der Waals surface area contributed by atoms with Crippen LogP contribution in [0.1, 0.15) is 27.2 Å². The molecule has 0 aliphatic heterocycles. The monoisotopic (exact) mass is 159 g/mol. The smallest absolute Gasteiger partial charge is 0.0776 e. The Morgan fingerprint density at radius 2 is 2.00 bits per heavy atom. The van der Waals surface area contributed by atoms with E-state index < -0.39 is 0 Å². The van der Waals surface area contributed by atoms with Gasteiger partial charge in [-0.3, -0.25) is 0 Å². The highest BCUT2D eigenvalue weighted by atomic mass is 16.5. The second-order valence-electron chi connectivity index (χ2n) is 3.78. The Morgan fingerprint density at radius 3 is 2.27 bits per heavy atom. The van der Waals surface area contributed by atoms with Crippen LogP contribution in [-0.2, 0) is 4.74 Å². The van der Waals surface area contributed by atoms with Crippen molar-refractivity contribution in [1.82, 2.24) is 5.32 Å². The van der Waals surface area contributed by atoms with E-state index >= 15 is 0 Å². The molecule has 0 aliphatic carbocycles. The van der Waals surface area contributed by atoms with Crippen LogP contribution in [0, 0.1) is 5.92 Å². The maximum absolute atomic E-state index is 5.43. The average Bonchev–Trinajstić information content (AvgIpc) is 1.87. The normalized spacial score (nSPS) is 16.9. The zero-order valence-electron chi connectivity index (χ0n) is 8.40.